The van der Waals surface area contributed by atoms with Crippen molar-refractivity contribution in [3.63, 3.8) is 0 Å². The molecule has 1 amide bonds. The van der Waals surface area contributed by atoms with Crippen LogP contribution in [0.4, 0.5) is 5.69 Å². The second-order valence-electron chi connectivity index (χ2n) is 5.20. The zero-order valence-corrected chi connectivity index (χ0v) is 13.6. The van der Waals surface area contributed by atoms with Gasteiger partial charge >= 0.3 is 0 Å². The summed E-state index contributed by atoms with van der Waals surface area (Å²) in [7, 11) is 0. The van der Waals surface area contributed by atoms with Gasteiger partial charge in [-0.1, -0.05) is 23.9 Å². The molecule has 0 aliphatic carbocycles. The molecule has 0 atom stereocenters. The molecule has 0 aliphatic heterocycles. The average molecular weight is 304 g/mol. The normalized spacial score (nSPS) is 10.9. The van der Waals surface area contributed by atoms with Crippen molar-refractivity contribution >= 4 is 23.4 Å². The number of hydrogen-bond donors (Lipinski definition) is 1. The van der Waals surface area contributed by atoms with E-state index in [-0.39, 0.29) is 11.9 Å². The minimum atomic E-state index is -0.0402. The summed E-state index contributed by atoms with van der Waals surface area (Å²) in [6.07, 6.45) is 0. The number of nitrogens with zero attached hydrogens (tertiary/aromatic N) is 3. The number of thioether (sulfide) groups is 1. The van der Waals surface area contributed by atoms with Gasteiger partial charge in [0.1, 0.15) is 5.82 Å². The van der Waals surface area contributed by atoms with Gasteiger partial charge in [0.25, 0.3) is 0 Å². The first kappa shape index (κ1) is 15.6. The average Bonchev–Trinajstić information content (AvgIpc) is 2.77. The van der Waals surface area contributed by atoms with Crippen LogP contribution >= 0.6 is 11.8 Å². The summed E-state index contributed by atoms with van der Waals surface area (Å²) in [6, 6.07) is 8.04. The molecule has 1 aromatic carbocycles. The monoisotopic (exact) mass is 304 g/mol. The van der Waals surface area contributed by atoms with Crippen LogP contribution in [0.2, 0.25) is 0 Å². The number of amides is 1. The molecule has 21 heavy (non-hydrogen) atoms. The van der Waals surface area contributed by atoms with Crippen LogP contribution in [0.25, 0.3) is 0 Å². The van der Waals surface area contributed by atoms with Crippen LogP contribution in [0.15, 0.2) is 29.4 Å². The second-order valence-corrected chi connectivity index (χ2v) is 6.14. The van der Waals surface area contributed by atoms with Crippen LogP contribution in [0.1, 0.15) is 31.3 Å². The van der Waals surface area contributed by atoms with Gasteiger partial charge < -0.3 is 9.88 Å². The smallest absolute Gasteiger partial charge is 0.234 e. The Balaban J connectivity index is 1.96. The Morgan fingerprint density at radius 2 is 2.10 bits per heavy atom. The molecule has 0 fully saturated rings. The molecule has 0 radical (unpaired) electrons. The standard InChI is InChI=1S/C15H20N4OS/c1-10(2)19-12(4)17-18-15(19)21-9-14(20)16-13-7-5-6-11(3)8-13/h5-8,10H,9H2,1-4H3,(H,16,20). The SMILES string of the molecule is Cc1cccc(NC(=O)CSc2nnc(C)n2C(C)C)c1. The highest BCUT2D eigenvalue weighted by Gasteiger charge is 2.13. The number of carbonyl (C=O) groups excluding carboxylic acids is 1. The zero-order valence-electron chi connectivity index (χ0n) is 12.8. The van der Waals surface area contributed by atoms with E-state index in [1.165, 1.54) is 11.8 Å². The Morgan fingerprint density at radius 3 is 2.76 bits per heavy atom. The molecular formula is C15H20N4OS. The van der Waals surface area contributed by atoms with Gasteiger partial charge in [0.15, 0.2) is 5.16 Å². The number of rotatable bonds is 5. The Kier molecular flexibility index (Phi) is 5.01. The fourth-order valence-electron chi connectivity index (χ4n) is 2.09. The van der Waals surface area contributed by atoms with E-state index in [1.54, 1.807) is 0 Å². The summed E-state index contributed by atoms with van der Waals surface area (Å²) < 4.78 is 2.03. The maximum absolute atomic E-state index is 12.0. The Morgan fingerprint density at radius 1 is 1.33 bits per heavy atom. The molecule has 112 valence electrons. The quantitative estimate of drug-likeness (QED) is 0.862. The van der Waals surface area contributed by atoms with Crippen molar-refractivity contribution in [2.75, 3.05) is 11.1 Å². The summed E-state index contributed by atoms with van der Waals surface area (Å²) in [5, 5.41) is 11.9. The third-order valence-corrected chi connectivity index (χ3v) is 3.93. The molecule has 0 saturated carbocycles. The van der Waals surface area contributed by atoms with Crippen LogP contribution in [0.3, 0.4) is 0 Å². The lowest BCUT2D eigenvalue weighted by atomic mass is 10.2. The molecule has 1 N–H and O–H groups in total. The van der Waals surface area contributed by atoms with Crippen LogP contribution in [-0.2, 0) is 4.79 Å². The minimum Gasteiger partial charge on any atom is -0.325 e. The maximum Gasteiger partial charge on any atom is 0.234 e. The Bertz CT molecular complexity index is 636. The molecule has 6 heteroatoms. The first-order chi connectivity index (χ1) is 9.97. The van der Waals surface area contributed by atoms with E-state index in [2.05, 4.69) is 29.4 Å². The van der Waals surface area contributed by atoms with E-state index in [1.807, 2.05) is 42.7 Å². The predicted molar refractivity (Wildman–Crippen MR) is 85.7 cm³/mol. The number of hydrogen-bond acceptors (Lipinski definition) is 4. The van der Waals surface area contributed by atoms with Gasteiger partial charge in [0.2, 0.25) is 5.91 Å². The number of anilines is 1. The highest BCUT2D eigenvalue weighted by atomic mass is 32.2. The molecule has 1 heterocycles. The van der Waals surface area contributed by atoms with E-state index in [0.29, 0.717) is 5.75 Å². The molecule has 5 nitrogen and oxygen atoms in total. The van der Waals surface area contributed by atoms with Crippen molar-refractivity contribution in [1.29, 1.82) is 0 Å². The molecule has 1 aromatic heterocycles. The lowest BCUT2D eigenvalue weighted by Gasteiger charge is -2.11. The third-order valence-electron chi connectivity index (χ3n) is 2.99. The maximum atomic E-state index is 12.0. The topological polar surface area (TPSA) is 59.8 Å². The van der Waals surface area contributed by atoms with Crippen molar-refractivity contribution in [3.8, 4) is 0 Å². The first-order valence-electron chi connectivity index (χ1n) is 6.88. The summed E-state index contributed by atoms with van der Waals surface area (Å²) in [6.45, 7) is 8.07. The van der Waals surface area contributed by atoms with Crippen molar-refractivity contribution < 1.29 is 4.79 Å². The molecule has 0 aliphatic rings. The van der Waals surface area contributed by atoms with Gasteiger partial charge in [-0.2, -0.15) is 0 Å². The zero-order chi connectivity index (χ0) is 15.4. The van der Waals surface area contributed by atoms with E-state index < -0.39 is 0 Å². The number of aromatic nitrogens is 3. The minimum absolute atomic E-state index is 0.0402. The van der Waals surface area contributed by atoms with Crippen molar-refractivity contribution in [2.45, 2.75) is 38.9 Å². The first-order valence-corrected chi connectivity index (χ1v) is 7.86. The van der Waals surface area contributed by atoms with Gasteiger partial charge in [-0.15, -0.1) is 10.2 Å². The highest BCUT2D eigenvalue weighted by molar-refractivity contribution is 7.99. The van der Waals surface area contributed by atoms with E-state index in [4.69, 9.17) is 0 Å². The van der Waals surface area contributed by atoms with E-state index in [0.717, 1.165) is 22.2 Å². The largest absolute Gasteiger partial charge is 0.325 e. The highest BCUT2D eigenvalue weighted by Crippen LogP contribution is 2.21. The number of nitrogens with one attached hydrogen (secondary N) is 1. The second kappa shape index (κ2) is 6.76. The number of carbonyl (C=O) groups is 1. The summed E-state index contributed by atoms with van der Waals surface area (Å²) in [5.41, 5.74) is 1.94. The van der Waals surface area contributed by atoms with Gasteiger partial charge in [-0.05, 0) is 45.4 Å². The molecule has 2 rings (SSSR count). The van der Waals surface area contributed by atoms with E-state index >= 15 is 0 Å². The van der Waals surface area contributed by atoms with Gasteiger partial charge in [-0.25, -0.2) is 0 Å². The van der Waals surface area contributed by atoms with Crippen LogP contribution in [0.5, 0.6) is 0 Å². The molecular weight excluding hydrogens is 284 g/mol. The fourth-order valence-corrected chi connectivity index (χ4v) is 3.01. The van der Waals surface area contributed by atoms with Crippen molar-refractivity contribution in [1.82, 2.24) is 14.8 Å². The Hall–Kier alpha value is -1.82. The molecule has 0 unspecified atom stereocenters. The Labute approximate surface area is 129 Å². The number of aryl methyl sites for hydroxylation is 2. The predicted octanol–water partition coefficient (Wildman–Crippen LogP) is 3.21. The van der Waals surface area contributed by atoms with Crippen LogP contribution < -0.4 is 5.32 Å². The van der Waals surface area contributed by atoms with Crippen LogP contribution in [0, 0.1) is 13.8 Å². The third kappa shape index (κ3) is 4.07. The lowest BCUT2D eigenvalue weighted by Crippen LogP contribution is -2.15. The summed E-state index contributed by atoms with van der Waals surface area (Å²) >= 11 is 1.41. The van der Waals surface area contributed by atoms with Gasteiger partial charge in [-0.3, -0.25) is 4.79 Å². The van der Waals surface area contributed by atoms with E-state index in [9.17, 15) is 4.79 Å². The summed E-state index contributed by atoms with van der Waals surface area (Å²) in [4.78, 5) is 12.0. The molecule has 0 bridgehead atoms. The van der Waals surface area contributed by atoms with Crippen molar-refractivity contribution in [2.24, 2.45) is 0 Å². The fraction of sp³-hybridized carbons (Fsp3) is 0.400. The molecule has 0 saturated heterocycles. The lowest BCUT2D eigenvalue weighted by molar-refractivity contribution is -0.113. The van der Waals surface area contributed by atoms with Crippen LogP contribution in [-0.4, -0.2) is 26.4 Å². The van der Waals surface area contributed by atoms with Crippen molar-refractivity contribution in [3.05, 3.63) is 35.7 Å². The van der Waals surface area contributed by atoms with Gasteiger partial charge in [0, 0.05) is 11.7 Å². The number of benzene rings is 1. The molecule has 2 aromatic rings. The van der Waals surface area contributed by atoms with Gasteiger partial charge in [0.05, 0.1) is 5.75 Å². The summed E-state index contributed by atoms with van der Waals surface area (Å²) in [5.74, 6) is 1.15. The molecule has 0 spiro atoms.